The van der Waals surface area contributed by atoms with Crippen LogP contribution in [0.2, 0.25) is 0 Å². The molecule has 10 rings (SSSR count). The smallest absolute Gasteiger partial charge is 0.305 e. The van der Waals surface area contributed by atoms with Crippen LogP contribution in [-0.2, 0) is 38.0 Å². The van der Waals surface area contributed by atoms with Crippen molar-refractivity contribution in [1.29, 1.82) is 0 Å². The number of amidine groups is 4. The quantitative estimate of drug-likeness (QED) is 0.0340. The van der Waals surface area contributed by atoms with Gasteiger partial charge < -0.3 is 122 Å². The maximum absolute atomic E-state index is 14.9. The third kappa shape index (κ3) is 18.7. The first kappa shape index (κ1) is 86.4. The molecule has 105 heavy (non-hydrogen) atoms. The van der Waals surface area contributed by atoms with Crippen molar-refractivity contribution in [3.05, 3.63) is 123 Å². The summed E-state index contributed by atoms with van der Waals surface area (Å²) in [6, 6.07) is 0. The Morgan fingerprint density at radius 1 is 0.590 bits per heavy atom. The largest absolute Gasteiger partial charge is 0.456 e. The highest BCUT2D eigenvalue weighted by Gasteiger charge is 2.62. The Bertz CT molecular complexity index is 3450. The van der Waals surface area contributed by atoms with Crippen LogP contribution in [0.5, 0.6) is 0 Å². The van der Waals surface area contributed by atoms with Crippen LogP contribution >= 0.6 is 23.2 Å². The summed E-state index contributed by atoms with van der Waals surface area (Å²) >= 11 is 11.5. The van der Waals surface area contributed by atoms with Crippen molar-refractivity contribution < 1.29 is 110 Å². The number of aliphatic hydroxyl groups is 9. The number of alkyl halides is 8. The van der Waals surface area contributed by atoms with Gasteiger partial charge in [0.1, 0.15) is 106 Å². The number of nitrogens with zero attached hydrogens (tertiary/aromatic N) is 10. The summed E-state index contributed by atoms with van der Waals surface area (Å²) in [6.07, 6.45) is -5.80. The number of hydrogen-bond acceptors (Lipinski definition) is 31. The molecule has 0 radical (unpaired) electrons. The van der Waals surface area contributed by atoms with Gasteiger partial charge >= 0.3 is 5.97 Å². The average molecular weight is 1540 g/mol. The molecule has 0 unspecified atom stereocenters. The minimum atomic E-state index is -2.00. The second-order valence-electron chi connectivity index (χ2n) is 26.0. The molecular weight excluding hydrogens is 1450 g/mol. The summed E-state index contributed by atoms with van der Waals surface area (Å²) in [5, 5.41) is 94.5. The minimum Gasteiger partial charge on any atom is -0.456 e. The van der Waals surface area contributed by atoms with Gasteiger partial charge in [0.2, 0.25) is 0 Å². The van der Waals surface area contributed by atoms with Crippen LogP contribution in [0, 0.1) is 11.8 Å². The lowest BCUT2D eigenvalue weighted by Crippen LogP contribution is -2.49. The molecule has 32 nitrogen and oxygen atoms in total. The number of allylic oxidation sites excluding steroid dienone is 1. The molecule has 0 bridgehead atoms. The maximum Gasteiger partial charge on any atom is 0.305 e. The Kier molecular flexibility index (Phi) is 29.9. The van der Waals surface area contributed by atoms with Gasteiger partial charge in [-0.2, -0.15) is 5.10 Å². The second-order valence-corrected chi connectivity index (χ2v) is 26.5. The molecule has 0 saturated carbocycles. The molecule has 40 heteroatoms. The monoisotopic (exact) mass is 1540 g/mol. The molecule has 10 aliphatic heterocycles. The topological polar surface area (TPSA) is 466 Å². The van der Waals surface area contributed by atoms with E-state index in [2.05, 4.69) is 63.3 Å². The summed E-state index contributed by atoms with van der Waals surface area (Å²) in [5.41, 5.74) is 14.2. The Labute approximate surface area is 611 Å². The maximum atomic E-state index is 14.9. The van der Waals surface area contributed by atoms with Gasteiger partial charge in [-0.15, -0.1) is 23.2 Å². The molecule has 5 saturated heterocycles. The molecule has 1 amide bonds. The normalized spacial score (nSPS) is 36.3. The van der Waals surface area contributed by atoms with Crippen molar-refractivity contribution in [3.63, 3.8) is 0 Å². The number of rotatable bonds is 20. The van der Waals surface area contributed by atoms with Gasteiger partial charge in [0.25, 0.3) is 5.91 Å². The number of carbonyl (C=O) groups is 2. The zero-order chi connectivity index (χ0) is 78.6. The number of ether oxygens (including phenoxy) is 6. The summed E-state index contributed by atoms with van der Waals surface area (Å²) in [4.78, 5) is 43.5. The number of nitrogens with one attached hydrogen (secondary N) is 1. The third-order valence-corrected chi connectivity index (χ3v) is 18.6. The van der Waals surface area contributed by atoms with E-state index in [9.17, 15) is 76.8 Å². The first-order valence-electron chi connectivity index (χ1n) is 32.6. The lowest BCUT2D eigenvalue weighted by atomic mass is 9.89. The van der Waals surface area contributed by atoms with Crippen molar-refractivity contribution in [2.24, 2.45) is 59.8 Å². The summed E-state index contributed by atoms with van der Waals surface area (Å²) in [5.74, 6) is 0.551. The van der Waals surface area contributed by atoms with Crippen LogP contribution in [0.1, 0.15) is 53.9 Å². The highest BCUT2D eigenvalue weighted by atomic mass is 35.5. The Morgan fingerprint density at radius 3 is 1.41 bits per heavy atom. The third-order valence-electron chi connectivity index (χ3n) is 17.7. The van der Waals surface area contributed by atoms with Gasteiger partial charge in [-0.25, -0.2) is 51.3 Å². The summed E-state index contributed by atoms with van der Waals surface area (Å²) in [6.45, 7) is 23.3. The average Bonchev–Trinajstić information content (AvgIpc) is 1.69. The van der Waals surface area contributed by atoms with Crippen molar-refractivity contribution >= 4 is 64.6 Å². The molecule has 5 fully saturated rings. The molecule has 586 valence electrons. The van der Waals surface area contributed by atoms with Crippen LogP contribution in [0.3, 0.4) is 0 Å². The number of halogens is 8. The second kappa shape index (κ2) is 36.4. The Morgan fingerprint density at radius 2 is 1.00 bits per heavy atom. The van der Waals surface area contributed by atoms with Crippen LogP contribution in [0.4, 0.5) is 26.3 Å². The molecule has 0 aliphatic carbocycles. The van der Waals surface area contributed by atoms with Crippen molar-refractivity contribution in [2.45, 2.75) is 174 Å². The predicted molar refractivity (Wildman–Crippen MR) is 372 cm³/mol. The fourth-order valence-electron chi connectivity index (χ4n) is 11.5. The van der Waals surface area contributed by atoms with Gasteiger partial charge in [-0.05, 0) is 42.9 Å². The lowest BCUT2D eigenvalue weighted by molar-refractivity contribution is -0.165. The molecule has 0 aromatic carbocycles. The highest BCUT2D eigenvalue weighted by Crippen LogP contribution is 2.44. The SMILES string of the molecule is C=C1N=C(N)C=CN1[C@@H]1O[C@@](CO)(CCC(C)C)[C@@H](O)[C@H]1F.C=C1N=C(N)C=CN1[C@@H]1O[C@@](CO)(CCl)[C@@H](OC(=O)CC)[C@H]1F.C=C1N=C(N)C=CN1[C@@H]1O[C@](/C=C/C(C)C)(CO)[C@@H](O)[C@H]1F.C=C1N=C(N)C=NN1[C@@H]1O[C@@](CO)(CCl)[C@@H](O)[C@H]1F.C=C1NC(=O)C=CN1[C@@H]1O[C@@](CO)(CF)[C@@H](O)[C@H]1F. The van der Waals surface area contributed by atoms with Crippen LogP contribution < -0.4 is 28.3 Å². The first-order valence-corrected chi connectivity index (χ1v) is 33.7. The van der Waals surface area contributed by atoms with Crippen LogP contribution in [0.15, 0.2) is 148 Å². The van der Waals surface area contributed by atoms with Gasteiger partial charge in [-0.3, -0.25) is 9.59 Å². The number of aliphatic hydroxyl groups excluding tert-OH is 9. The van der Waals surface area contributed by atoms with Gasteiger partial charge in [-0.1, -0.05) is 79.7 Å². The van der Waals surface area contributed by atoms with E-state index >= 15 is 0 Å². The van der Waals surface area contributed by atoms with E-state index in [1.807, 2.05) is 27.7 Å². The van der Waals surface area contributed by atoms with Gasteiger partial charge in [0, 0.05) is 37.3 Å². The number of esters is 1. The summed E-state index contributed by atoms with van der Waals surface area (Å²) < 4.78 is 118. The zero-order valence-corrected chi connectivity index (χ0v) is 59.6. The molecule has 10 heterocycles. The number of hydrazone groups is 1. The number of amides is 1. The summed E-state index contributed by atoms with van der Waals surface area (Å²) in [7, 11) is 0. The van der Waals surface area contributed by atoms with Gasteiger partial charge in [0.05, 0.1) is 51.0 Å². The molecule has 10 aliphatic rings. The Balaban J connectivity index is 0.000000206. The number of nitrogens with two attached hydrogens (primary N) is 4. The molecule has 0 aromatic rings. The zero-order valence-electron chi connectivity index (χ0n) is 58.1. The minimum absolute atomic E-state index is 0.0416. The van der Waals surface area contributed by atoms with E-state index in [0.717, 1.165) is 16.0 Å². The van der Waals surface area contributed by atoms with Crippen molar-refractivity contribution in [1.82, 2.24) is 29.9 Å². The van der Waals surface area contributed by atoms with E-state index in [0.29, 0.717) is 18.8 Å². The molecule has 18 N–H and O–H groups in total. The number of aliphatic imine (C=N–C) groups is 4. The van der Waals surface area contributed by atoms with E-state index in [1.54, 1.807) is 13.0 Å². The fourth-order valence-corrected chi connectivity index (χ4v) is 12.1. The van der Waals surface area contributed by atoms with E-state index in [-0.39, 0.29) is 76.5 Å². The van der Waals surface area contributed by atoms with Crippen molar-refractivity contribution in [2.75, 3.05) is 51.5 Å². The highest BCUT2D eigenvalue weighted by molar-refractivity contribution is 6.29. The predicted octanol–water partition coefficient (Wildman–Crippen LogP) is 0.440. The van der Waals surface area contributed by atoms with Crippen molar-refractivity contribution in [3.8, 4) is 0 Å². The van der Waals surface area contributed by atoms with E-state index in [4.69, 9.17) is 79.7 Å². The lowest BCUT2D eigenvalue weighted by Gasteiger charge is -2.33. The number of carbonyl (C=O) groups excluding carboxylic acids is 2. The fraction of sp³-hybridized carbons (Fsp3) is 0.585. The van der Waals surface area contributed by atoms with E-state index in [1.165, 1.54) is 70.0 Å². The van der Waals surface area contributed by atoms with Crippen LogP contribution in [-0.4, -0.2) is 284 Å². The van der Waals surface area contributed by atoms with Crippen LogP contribution in [0.25, 0.3) is 0 Å². The molecule has 20 atom stereocenters. The van der Waals surface area contributed by atoms with E-state index < -0.39 is 172 Å². The molecule has 0 spiro atoms. The molecule has 0 aromatic heterocycles. The molecular formula is C65H93Cl2F6N15O17. The Hall–Kier alpha value is -7.51. The van der Waals surface area contributed by atoms with Gasteiger partial charge in [0.15, 0.2) is 73.7 Å². The number of hydrogen-bond donors (Lipinski definition) is 14. The standard InChI is InChI=1S/C15H24FN3O3.C15H22FN3O3.C14H19ClFN3O4.C11H14F2N2O4.C10H14ClFN4O3/c2*1-9(2)4-6-15(8-20)13(21)12(16)14(22-15)19-7-5-11(17)18-10(19)3;1-3-10(21)22-12-11(16)13(23-14(12,6-15)7-20)19-5-4-9(17)18-8(19)2;1-6-14-7(17)2-3-15(6)10-8(13)9(18)11(4-12,5-16)19-10;1-5-15-6(13)2-14-16(5)9-7(12)8(18)10(3-11,4-17)19-9/h5,7,9,12-14,20-21H,3-4,6,8H2,1-2H3,(H2,17,18);4-7,9,12-14,20-21H,3,8H2,1-2H3,(H2,17,18);4-5,11-13,20H,2-3,6-7H2,1H3,(H2,17,18);2-3,8-10,16,18H,1,4-5H2,(H,14,17);2,7-9,17-18H,1,3-4H2,(H2,13,15)/b;6-4+;;;/t2*12-,13+,14-,15-;11-,12+,13-,14-;8-,9+,10-,11-;7-,8+,9-,10-/m11111/s1. The first-order chi connectivity index (χ1) is 49.4.